The van der Waals surface area contributed by atoms with Gasteiger partial charge in [0.05, 0.1) is 0 Å². The summed E-state index contributed by atoms with van der Waals surface area (Å²) in [5.41, 5.74) is 14.4. The van der Waals surface area contributed by atoms with Crippen LogP contribution in [0.1, 0.15) is 23.2 Å². The van der Waals surface area contributed by atoms with Crippen molar-refractivity contribution >= 4 is 48.0 Å². The summed E-state index contributed by atoms with van der Waals surface area (Å²) >= 11 is 0. The number of nitrogens with two attached hydrogens (primary N) is 2. The van der Waals surface area contributed by atoms with Crippen LogP contribution in [0.2, 0.25) is 0 Å². The van der Waals surface area contributed by atoms with Crippen molar-refractivity contribution in [1.29, 1.82) is 0 Å². The highest BCUT2D eigenvalue weighted by molar-refractivity contribution is 14.0. The van der Waals surface area contributed by atoms with E-state index in [0.29, 0.717) is 0 Å². The quantitative estimate of drug-likeness (QED) is 0.677. The molecule has 0 aliphatic heterocycles. The lowest BCUT2D eigenvalue weighted by Gasteiger charge is -2.20. The lowest BCUT2D eigenvalue weighted by Crippen LogP contribution is -2.26. The Bertz CT molecular complexity index is 391. The molecule has 0 aliphatic rings. The highest BCUT2D eigenvalue weighted by Crippen LogP contribution is 2.23. The molecular weight excluding hydrogens is 450 g/mol. The Labute approximate surface area is 142 Å². The Hall–Kier alpha value is -0.180. The van der Waals surface area contributed by atoms with Crippen LogP contribution in [0.3, 0.4) is 0 Å². The first-order valence-electron chi connectivity index (χ1n) is 5.40. The standard InChI is InChI=1S/C14H16N2.2HI/c15-13(11-7-3-1-4-8-11)14(16)12-9-5-2-6-10-12;;/h1-10,13-14H,15-16H2;2*1H. The summed E-state index contributed by atoms with van der Waals surface area (Å²) in [6, 6.07) is 19.6. The van der Waals surface area contributed by atoms with Crippen LogP contribution in [0.15, 0.2) is 60.7 Å². The zero-order chi connectivity index (χ0) is 11.4. The summed E-state index contributed by atoms with van der Waals surface area (Å²) in [7, 11) is 0. The van der Waals surface area contributed by atoms with Crippen molar-refractivity contribution in [3.8, 4) is 0 Å². The largest absolute Gasteiger partial charge is 0.322 e. The normalized spacial score (nSPS) is 12.8. The van der Waals surface area contributed by atoms with E-state index in [2.05, 4.69) is 0 Å². The lowest BCUT2D eigenvalue weighted by molar-refractivity contribution is 0.574. The molecule has 4 heteroatoms. The summed E-state index contributed by atoms with van der Waals surface area (Å²) in [5.74, 6) is 0. The van der Waals surface area contributed by atoms with E-state index in [9.17, 15) is 0 Å². The monoisotopic (exact) mass is 468 g/mol. The minimum absolute atomic E-state index is 0. The number of benzene rings is 2. The van der Waals surface area contributed by atoms with Crippen molar-refractivity contribution in [1.82, 2.24) is 0 Å². The maximum atomic E-state index is 6.15. The van der Waals surface area contributed by atoms with Crippen molar-refractivity contribution in [2.45, 2.75) is 12.1 Å². The van der Waals surface area contributed by atoms with E-state index in [1.165, 1.54) is 0 Å². The molecule has 0 saturated carbocycles. The average Bonchev–Trinajstić information content (AvgIpc) is 2.39. The summed E-state index contributed by atoms with van der Waals surface area (Å²) in [5, 5.41) is 0. The molecule has 0 spiro atoms. The fourth-order valence-electron chi connectivity index (χ4n) is 1.77. The number of hydrogen-bond donors (Lipinski definition) is 2. The maximum Gasteiger partial charge on any atom is 0.0491 e. The van der Waals surface area contributed by atoms with E-state index >= 15 is 0 Å². The van der Waals surface area contributed by atoms with Crippen molar-refractivity contribution in [2.24, 2.45) is 11.5 Å². The third kappa shape index (κ3) is 4.49. The van der Waals surface area contributed by atoms with Crippen LogP contribution in [-0.2, 0) is 0 Å². The van der Waals surface area contributed by atoms with Crippen LogP contribution in [0.25, 0.3) is 0 Å². The van der Waals surface area contributed by atoms with E-state index in [1.54, 1.807) is 0 Å². The topological polar surface area (TPSA) is 52.0 Å². The van der Waals surface area contributed by atoms with Gasteiger partial charge in [-0.1, -0.05) is 60.7 Å². The molecule has 2 rings (SSSR count). The predicted octanol–water partition coefficient (Wildman–Crippen LogP) is 3.62. The van der Waals surface area contributed by atoms with Gasteiger partial charge in [0, 0.05) is 12.1 Å². The fraction of sp³-hybridized carbons (Fsp3) is 0.143. The summed E-state index contributed by atoms with van der Waals surface area (Å²) in [6.07, 6.45) is 0. The summed E-state index contributed by atoms with van der Waals surface area (Å²) in [6.45, 7) is 0. The Kier molecular flexibility index (Phi) is 8.75. The van der Waals surface area contributed by atoms with Gasteiger partial charge >= 0.3 is 0 Å². The minimum atomic E-state index is -0.163. The van der Waals surface area contributed by atoms with Gasteiger partial charge in [-0.2, -0.15) is 0 Å². The molecule has 0 saturated heterocycles. The van der Waals surface area contributed by atoms with E-state index in [-0.39, 0.29) is 60.0 Å². The number of hydrogen-bond acceptors (Lipinski definition) is 2. The Balaban J connectivity index is 0.00000144. The summed E-state index contributed by atoms with van der Waals surface area (Å²) < 4.78 is 0. The molecule has 0 aliphatic carbocycles. The van der Waals surface area contributed by atoms with Crippen molar-refractivity contribution in [3.63, 3.8) is 0 Å². The molecule has 0 fully saturated rings. The van der Waals surface area contributed by atoms with Gasteiger partial charge in [0.15, 0.2) is 0 Å². The van der Waals surface area contributed by atoms with E-state index in [1.807, 2.05) is 60.7 Å². The molecule has 0 aromatic heterocycles. The second kappa shape index (κ2) is 8.84. The van der Waals surface area contributed by atoms with Gasteiger partial charge in [0.1, 0.15) is 0 Å². The van der Waals surface area contributed by atoms with Crippen LogP contribution >= 0.6 is 48.0 Å². The molecule has 0 heterocycles. The van der Waals surface area contributed by atoms with Crippen molar-refractivity contribution in [3.05, 3.63) is 71.8 Å². The van der Waals surface area contributed by atoms with Gasteiger partial charge in [0.2, 0.25) is 0 Å². The Morgan fingerprint density at radius 3 is 1.11 bits per heavy atom. The first kappa shape index (κ1) is 17.8. The molecule has 18 heavy (non-hydrogen) atoms. The molecule has 2 unspecified atom stereocenters. The lowest BCUT2D eigenvalue weighted by atomic mass is 9.95. The van der Waals surface area contributed by atoms with Crippen molar-refractivity contribution in [2.75, 3.05) is 0 Å². The second-order valence-electron chi connectivity index (χ2n) is 3.87. The highest BCUT2D eigenvalue weighted by atomic mass is 127. The second-order valence-corrected chi connectivity index (χ2v) is 3.87. The zero-order valence-corrected chi connectivity index (χ0v) is 14.6. The van der Waals surface area contributed by atoms with Gasteiger partial charge in [-0.05, 0) is 11.1 Å². The van der Waals surface area contributed by atoms with Gasteiger partial charge in [-0.15, -0.1) is 48.0 Å². The van der Waals surface area contributed by atoms with Crippen LogP contribution in [0, 0.1) is 0 Å². The maximum absolute atomic E-state index is 6.15. The van der Waals surface area contributed by atoms with Crippen LogP contribution in [-0.4, -0.2) is 0 Å². The smallest absolute Gasteiger partial charge is 0.0491 e. The molecule has 0 radical (unpaired) electrons. The minimum Gasteiger partial charge on any atom is -0.322 e. The van der Waals surface area contributed by atoms with Crippen LogP contribution in [0.4, 0.5) is 0 Å². The van der Waals surface area contributed by atoms with Gasteiger partial charge in [-0.25, -0.2) is 0 Å². The Morgan fingerprint density at radius 1 is 0.556 bits per heavy atom. The molecule has 0 bridgehead atoms. The first-order chi connectivity index (χ1) is 7.79. The predicted molar refractivity (Wildman–Crippen MR) is 97.6 cm³/mol. The molecule has 0 amide bonds. The molecule has 2 aromatic rings. The highest BCUT2D eigenvalue weighted by Gasteiger charge is 2.16. The number of rotatable bonds is 3. The van der Waals surface area contributed by atoms with E-state index in [0.717, 1.165) is 11.1 Å². The number of halogens is 2. The molecule has 4 N–H and O–H groups in total. The molecular formula is C14H18I2N2. The molecule has 2 nitrogen and oxygen atoms in total. The Morgan fingerprint density at radius 2 is 0.833 bits per heavy atom. The third-order valence-corrected chi connectivity index (χ3v) is 2.76. The van der Waals surface area contributed by atoms with Crippen molar-refractivity contribution < 1.29 is 0 Å². The van der Waals surface area contributed by atoms with E-state index < -0.39 is 0 Å². The summed E-state index contributed by atoms with van der Waals surface area (Å²) in [4.78, 5) is 0. The van der Waals surface area contributed by atoms with Gasteiger partial charge < -0.3 is 11.5 Å². The van der Waals surface area contributed by atoms with Gasteiger partial charge in [0.25, 0.3) is 0 Å². The average molecular weight is 468 g/mol. The fourth-order valence-corrected chi connectivity index (χ4v) is 1.77. The van der Waals surface area contributed by atoms with Gasteiger partial charge in [-0.3, -0.25) is 0 Å². The SMILES string of the molecule is I.I.NC(c1ccccc1)C(N)c1ccccc1. The van der Waals surface area contributed by atoms with E-state index in [4.69, 9.17) is 11.5 Å². The first-order valence-corrected chi connectivity index (χ1v) is 5.40. The molecule has 2 atom stereocenters. The van der Waals surface area contributed by atoms with Crippen LogP contribution in [0.5, 0.6) is 0 Å². The third-order valence-electron chi connectivity index (χ3n) is 2.76. The molecule has 2 aromatic carbocycles. The molecule has 98 valence electrons. The van der Waals surface area contributed by atoms with Crippen LogP contribution < -0.4 is 11.5 Å². The zero-order valence-electron chi connectivity index (χ0n) is 9.90.